The van der Waals surface area contributed by atoms with Gasteiger partial charge in [-0.3, -0.25) is 4.68 Å². The first-order valence-electron chi connectivity index (χ1n) is 5.95. The van der Waals surface area contributed by atoms with Gasteiger partial charge in [-0.1, -0.05) is 23.2 Å². The lowest BCUT2D eigenvalue weighted by atomic mass is 10.3. The zero-order chi connectivity index (χ0) is 14.7. The molecule has 0 fully saturated rings. The van der Waals surface area contributed by atoms with Crippen LogP contribution in [0, 0.1) is 6.92 Å². The van der Waals surface area contributed by atoms with Crippen LogP contribution in [0.25, 0.3) is 0 Å². The minimum Gasteiger partial charge on any atom is -0.357 e. The third-order valence-electron chi connectivity index (χ3n) is 2.71. The molecule has 106 valence electrons. The van der Waals surface area contributed by atoms with Gasteiger partial charge in [0.05, 0.1) is 28.6 Å². The summed E-state index contributed by atoms with van der Waals surface area (Å²) in [6, 6.07) is 7.21. The number of aromatic nitrogens is 2. The smallest absolute Gasteiger partial charge is 0.171 e. The molecule has 2 aromatic rings. The van der Waals surface area contributed by atoms with Crippen molar-refractivity contribution in [1.29, 1.82) is 0 Å². The van der Waals surface area contributed by atoms with E-state index in [1.54, 1.807) is 18.2 Å². The molecular formula is C13H14Cl2N4S. The highest BCUT2D eigenvalue weighted by Gasteiger charge is 2.05. The maximum atomic E-state index is 6.07. The highest BCUT2D eigenvalue weighted by Crippen LogP contribution is 2.25. The molecule has 0 saturated carbocycles. The van der Waals surface area contributed by atoms with E-state index in [9.17, 15) is 0 Å². The van der Waals surface area contributed by atoms with E-state index in [4.69, 9.17) is 35.4 Å². The van der Waals surface area contributed by atoms with Crippen molar-refractivity contribution in [3.8, 4) is 0 Å². The fraction of sp³-hybridized carbons (Fsp3) is 0.231. The van der Waals surface area contributed by atoms with Crippen LogP contribution in [0.2, 0.25) is 10.0 Å². The second-order valence-electron chi connectivity index (χ2n) is 4.33. The molecule has 0 unspecified atom stereocenters. The summed E-state index contributed by atoms with van der Waals surface area (Å²) >= 11 is 17.1. The van der Waals surface area contributed by atoms with Gasteiger partial charge in [0, 0.05) is 12.1 Å². The SMILES string of the molecule is Cc1cc(CNC(=S)Nc2ccc(Cl)cc2Cl)n(C)n1. The molecule has 0 aliphatic rings. The lowest BCUT2D eigenvalue weighted by Crippen LogP contribution is -2.28. The third kappa shape index (κ3) is 3.85. The highest BCUT2D eigenvalue weighted by molar-refractivity contribution is 7.80. The van der Waals surface area contributed by atoms with E-state index in [2.05, 4.69) is 15.7 Å². The van der Waals surface area contributed by atoms with Gasteiger partial charge < -0.3 is 10.6 Å². The molecule has 0 atom stereocenters. The van der Waals surface area contributed by atoms with Gasteiger partial charge in [0.25, 0.3) is 0 Å². The van der Waals surface area contributed by atoms with Crippen LogP contribution < -0.4 is 10.6 Å². The topological polar surface area (TPSA) is 41.9 Å². The molecule has 2 N–H and O–H groups in total. The molecular weight excluding hydrogens is 315 g/mol. The Bertz CT molecular complexity index is 639. The molecule has 2 rings (SSSR count). The number of hydrogen-bond donors (Lipinski definition) is 2. The number of nitrogens with one attached hydrogen (secondary N) is 2. The summed E-state index contributed by atoms with van der Waals surface area (Å²) in [6.07, 6.45) is 0. The summed E-state index contributed by atoms with van der Waals surface area (Å²) in [5.41, 5.74) is 2.74. The van der Waals surface area contributed by atoms with Crippen LogP contribution in [0.4, 0.5) is 5.69 Å². The average molecular weight is 329 g/mol. The zero-order valence-corrected chi connectivity index (χ0v) is 13.4. The van der Waals surface area contributed by atoms with E-state index in [1.807, 2.05) is 24.7 Å². The average Bonchev–Trinajstić information content (AvgIpc) is 2.69. The standard InChI is InChI=1S/C13H14Cl2N4S/c1-8-5-10(19(2)18-8)7-16-13(20)17-12-4-3-9(14)6-11(12)15/h3-6H,7H2,1-2H3,(H2,16,17,20). The van der Waals surface area contributed by atoms with E-state index in [0.717, 1.165) is 17.1 Å². The maximum absolute atomic E-state index is 6.07. The Hall–Kier alpha value is -1.30. The fourth-order valence-corrected chi connectivity index (χ4v) is 2.40. The van der Waals surface area contributed by atoms with Crippen LogP contribution in [-0.2, 0) is 13.6 Å². The predicted molar refractivity (Wildman–Crippen MR) is 87.5 cm³/mol. The summed E-state index contributed by atoms with van der Waals surface area (Å²) in [5.74, 6) is 0. The van der Waals surface area contributed by atoms with Crippen LogP contribution >= 0.6 is 35.4 Å². The normalized spacial score (nSPS) is 10.4. The number of rotatable bonds is 3. The number of halogens is 2. The van der Waals surface area contributed by atoms with Crippen molar-refractivity contribution >= 4 is 46.2 Å². The number of hydrogen-bond acceptors (Lipinski definition) is 2. The number of anilines is 1. The quantitative estimate of drug-likeness (QED) is 0.846. The van der Waals surface area contributed by atoms with E-state index in [-0.39, 0.29) is 0 Å². The summed E-state index contributed by atoms with van der Waals surface area (Å²) < 4.78 is 1.82. The summed E-state index contributed by atoms with van der Waals surface area (Å²) in [5, 5.41) is 12.0. The molecule has 0 amide bonds. The molecule has 0 bridgehead atoms. The first kappa shape index (κ1) is 15.1. The molecule has 1 heterocycles. The van der Waals surface area contributed by atoms with E-state index >= 15 is 0 Å². The van der Waals surface area contributed by atoms with E-state index < -0.39 is 0 Å². The predicted octanol–water partition coefficient (Wildman–Crippen LogP) is 3.52. The zero-order valence-electron chi connectivity index (χ0n) is 11.1. The minimum absolute atomic E-state index is 0.494. The Labute approximate surface area is 133 Å². The first-order valence-corrected chi connectivity index (χ1v) is 7.11. The molecule has 4 nitrogen and oxygen atoms in total. The molecule has 1 aromatic heterocycles. The van der Waals surface area contributed by atoms with Gasteiger partial charge in [0.15, 0.2) is 5.11 Å². The number of nitrogens with zero attached hydrogens (tertiary/aromatic N) is 2. The van der Waals surface area contributed by atoms with E-state index in [1.165, 1.54) is 0 Å². The Morgan fingerprint density at radius 1 is 1.35 bits per heavy atom. The monoisotopic (exact) mass is 328 g/mol. The largest absolute Gasteiger partial charge is 0.357 e. The van der Waals surface area contributed by atoms with Crippen LogP contribution in [0.3, 0.4) is 0 Å². The molecule has 20 heavy (non-hydrogen) atoms. The van der Waals surface area contributed by atoms with Crippen LogP contribution in [0.1, 0.15) is 11.4 Å². The van der Waals surface area contributed by atoms with Crippen molar-refractivity contribution < 1.29 is 0 Å². The van der Waals surface area contributed by atoms with Crippen LogP contribution in [0.15, 0.2) is 24.3 Å². The lowest BCUT2D eigenvalue weighted by Gasteiger charge is -2.12. The van der Waals surface area contributed by atoms with Crippen molar-refractivity contribution in [2.45, 2.75) is 13.5 Å². The van der Waals surface area contributed by atoms with Gasteiger partial charge in [-0.15, -0.1) is 0 Å². The molecule has 0 spiro atoms. The van der Waals surface area contributed by atoms with Crippen molar-refractivity contribution in [1.82, 2.24) is 15.1 Å². The second kappa shape index (κ2) is 6.43. The van der Waals surface area contributed by atoms with Gasteiger partial charge >= 0.3 is 0 Å². The maximum Gasteiger partial charge on any atom is 0.171 e. The Morgan fingerprint density at radius 2 is 2.10 bits per heavy atom. The third-order valence-corrected chi connectivity index (χ3v) is 3.50. The van der Waals surface area contributed by atoms with Crippen molar-refractivity contribution in [2.24, 2.45) is 7.05 Å². The van der Waals surface area contributed by atoms with Crippen molar-refractivity contribution in [2.75, 3.05) is 5.32 Å². The first-order chi connectivity index (χ1) is 9.45. The van der Waals surface area contributed by atoms with Gasteiger partial charge in [0.1, 0.15) is 0 Å². The Balaban J connectivity index is 1.94. The molecule has 0 aliphatic carbocycles. The molecule has 1 aromatic carbocycles. The molecule has 0 radical (unpaired) electrons. The van der Waals surface area contributed by atoms with E-state index in [0.29, 0.717) is 21.7 Å². The summed E-state index contributed by atoms with van der Waals surface area (Å²) in [4.78, 5) is 0. The van der Waals surface area contributed by atoms with Gasteiger partial charge in [-0.05, 0) is 43.4 Å². The molecule has 0 saturated heterocycles. The number of benzene rings is 1. The second-order valence-corrected chi connectivity index (χ2v) is 5.58. The highest BCUT2D eigenvalue weighted by atomic mass is 35.5. The van der Waals surface area contributed by atoms with Gasteiger partial charge in [-0.25, -0.2) is 0 Å². The lowest BCUT2D eigenvalue weighted by molar-refractivity contribution is 0.689. The van der Waals surface area contributed by atoms with Crippen LogP contribution in [0.5, 0.6) is 0 Å². The van der Waals surface area contributed by atoms with Crippen LogP contribution in [-0.4, -0.2) is 14.9 Å². The molecule has 0 aliphatic heterocycles. The fourth-order valence-electron chi connectivity index (χ4n) is 1.76. The summed E-state index contributed by atoms with van der Waals surface area (Å²) in [6.45, 7) is 2.54. The molecule has 7 heteroatoms. The minimum atomic E-state index is 0.494. The van der Waals surface area contributed by atoms with Crippen molar-refractivity contribution in [3.63, 3.8) is 0 Å². The Kier molecular flexibility index (Phi) is 4.86. The number of thiocarbonyl (C=S) groups is 1. The van der Waals surface area contributed by atoms with Gasteiger partial charge in [0.2, 0.25) is 0 Å². The number of aryl methyl sites for hydroxylation is 2. The van der Waals surface area contributed by atoms with Gasteiger partial charge in [-0.2, -0.15) is 5.10 Å². The Morgan fingerprint density at radius 3 is 2.70 bits per heavy atom. The van der Waals surface area contributed by atoms with Crippen molar-refractivity contribution in [3.05, 3.63) is 45.7 Å². The summed E-state index contributed by atoms with van der Waals surface area (Å²) in [7, 11) is 1.90.